The molecule has 0 saturated carbocycles. The van der Waals surface area contributed by atoms with E-state index in [2.05, 4.69) is 36.4 Å². The minimum Gasteiger partial charge on any atom is -0.618 e. The standard InChI is InChI=1S/C33H24FN3O/c34-29-19-10-12-25(24-29)21-22-30-32-31(20-11-23-36(32)38)37(35-30)33(26-13-4-1-5-14-26,27-15-6-2-7-16-27)28-17-8-3-9-18-28/h1-24H. The highest BCUT2D eigenvalue weighted by Gasteiger charge is 2.41. The van der Waals surface area contributed by atoms with Crippen LogP contribution in [0, 0.1) is 11.0 Å². The molecule has 38 heavy (non-hydrogen) atoms. The molecule has 2 heterocycles. The molecule has 0 saturated heterocycles. The van der Waals surface area contributed by atoms with Crippen LogP contribution in [0.1, 0.15) is 27.9 Å². The second-order valence-electron chi connectivity index (χ2n) is 9.06. The lowest BCUT2D eigenvalue weighted by Gasteiger charge is -2.36. The van der Waals surface area contributed by atoms with Gasteiger partial charge in [-0.3, -0.25) is 0 Å². The lowest BCUT2D eigenvalue weighted by molar-refractivity contribution is -0.577. The summed E-state index contributed by atoms with van der Waals surface area (Å²) in [6.45, 7) is 0. The van der Waals surface area contributed by atoms with Crippen LogP contribution in [-0.4, -0.2) is 9.78 Å². The van der Waals surface area contributed by atoms with E-state index in [4.69, 9.17) is 5.10 Å². The molecule has 4 aromatic carbocycles. The van der Waals surface area contributed by atoms with Crippen molar-refractivity contribution in [3.05, 3.63) is 173 Å². The van der Waals surface area contributed by atoms with Gasteiger partial charge in [0, 0.05) is 6.07 Å². The van der Waals surface area contributed by atoms with E-state index in [1.807, 2.05) is 71.4 Å². The molecule has 184 valence electrons. The summed E-state index contributed by atoms with van der Waals surface area (Å²) in [4.78, 5) is 0. The molecule has 4 nitrogen and oxygen atoms in total. The van der Waals surface area contributed by atoms with Gasteiger partial charge in [-0.25, -0.2) is 9.07 Å². The Kier molecular flexibility index (Phi) is 6.02. The van der Waals surface area contributed by atoms with Crippen molar-refractivity contribution in [3.8, 4) is 0 Å². The first-order valence-corrected chi connectivity index (χ1v) is 12.4. The molecule has 0 unspecified atom stereocenters. The van der Waals surface area contributed by atoms with Crippen molar-refractivity contribution in [1.29, 1.82) is 0 Å². The minimum atomic E-state index is -0.874. The van der Waals surface area contributed by atoms with Crippen LogP contribution < -0.4 is 4.73 Å². The Morgan fingerprint density at radius 3 is 1.82 bits per heavy atom. The zero-order valence-corrected chi connectivity index (χ0v) is 20.5. The maximum atomic E-state index is 13.8. The van der Waals surface area contributed by atoms with Crippen LogP contribution in [0.15, 0.2) is 134 Å². The first-order chi connectivity index (χ1) is 18.7. The number of rotatable bonds is 6. The number of pyridine rings is 1. The van der Waals surface area contributed by atoms with Gasteiger partial charge >= 0.3 is 0 Å². The monoisotopic (exact) mass is 497 g/mol. The van der Waals surface area contributed by atoms with Gasteiger partial charge in [0.05, 0.1) is 0 Å². The molecule has 0 N–H and O–H groups in total. The molecular formula is C33H24FN3O. The Morgan fingerprint density at radius 1 is 0.684 bits per heavy atom. The predicted molar refractivity (Wildman–Crippen MR) is 149 cm³/mol. The van der Waals surface area contributed by atoms with Gasteiger partial charge in [-0.05, 0) is 46.5 Å². The third-order valence-electron chi connectivity index (χ3n) is 6.79. The van der Waals surface area contributed by atoms with Gasteiger partial charge in [-0.1, -0.05) is 109 Å². The molecule has 0 aliphatic rings. The highest BCUT2D eigenvalue weighted by atomic mass is 19.1. The van der Waals surface area contributed by atoms with Crippen molar-refractivity contribution in [3.63, 3.8) is 0 Å². The number of hydrogen-bond acceptors (Lipinski definition) is 2. The molecule has 0 radical (unpaired) electrons. The van der Waals surface area contributed by atoms with Crippen LogP contribution in [0.2, 0.25) is 0 Å². The number of hydrogen-bond donors (Lipinski definition) is 0. The van der Waals surface area contributed by atoms with Crippen LogP contribution >= 0.6 is 0 Å². The summed E-state index contributed by atoms with van der Waals surface area (Å²) in [6, 6.07) is 40.6. The fourth-order valence-corrected chi connectivity index (χ4v) is 5.16. The number of halogens is 1. The molecule has 0 atom stereocenters. The van der Waals surface area contributed by atoms with Gasteiger partial charge in [-0.15, -0.1) is 0 Å². The van der Waals surface area contributed by atoms with Crippen molar-refractivity contribution in [2.24, 2.45) is 0 Å². The first kappa shape index (κ1) is 23.4. The number of benzene rings is 4. The Morgan fingerprint density at radius 2 is 1.26 bits per heavy atom. The summed E-state index contributed by atoms with van der Waals surface area (Å²) in [5.74, 6) is -0.322. The summed E-state index contributed by atoms with van der Waals surface area (Å²) in [5, 5.41) is 18.3. The van der Waals surface area contributed by atoms with Crippen molar-refractivity contribution in [2.45, 2.75) is 5.54 Å². The van der Waals surface area contributed by atoms with Gasteiger partial charge in [0.2, 0.25) is 0 Å². The van der Waals surface area contributed by atoms with E-state index in [-0.39, 0.29) is 5.82 Å². The van der Waals surface area contributed by atoms with Crippen LogP contribution in [0.4, 0.5) is 4.39 Å². The third kappa shape index (κ3) is 3.95. The Bertz CT molecular complexity index is 1630. The van der Waals surface area contributed by atoms with Gasteiger partial charge in [-0.2, -0.15) is 9.83 Å². The predicted octanol–water partition coefficient (Wildman–Crippen LogP) is 6.82. The van der Waals surface area contributed by atoms with E-state index in [0.29, 0.717) is 22.3 Å². The Hall–Kier alpha value is -5.03. The van der Waals surface area contributed by atoms with Crippen LogP contribution in [0.25, 0.3) is 23.2 Å². The van der Waals surface area contributed by atoms with E-state index in [1.165, 1.54) is 18.3 Å². The van der Waals surface area contributed by atoms with Gasteiger partial charge in [0.1, 0.15) is 16.9 Å². The van der Waals surface area contributed by atoms with Gasteiger partial charge in [0.15, 0.2) is 11.9 Å². The molecule has 6 rings (SSSR count). The summed E-state index contributed by atoms with van der Waals surface area (Å²) in [7, 11) is 0. The summed E-state index contributed by atoms with van der Waals surface area (Å²) >= 11 is 0. The fraction of sp³-hybridized carbons (Fsp3) is 0.0303. The van der Waals surface area contributed by atoms with Gasteiger partial charge < -0.3 is 5.21 Å². The molecule has 0 bridgehead atoms. The van der Waals surface area contributed by atoms with Crippen molar-refractivity contribution < 1.29 is 9.12 Å². The second kappa shape index (κ2) is 9.79. The fourth-order valence-electron chi connectivity index (χ4n) is 5.16. The van der Waals surface area contributed by atoms with Crippen molar-refractivity contribution in [1.82, 2.24) is 9.78 Å². The maximum Gasteiger partial charge on any atom is 0.269 e. The van der Waals surface area contributed by atoms with Gasteiger partial charge in [0.25, 0.3) is 5.52 Å². The first-order valence-electron chi connectivity index (χ1n) is 12.4. The number of fused-ring (bicyclic) bond motifs is 1. The van der Waals surface area contributed by atoms with E-state index >= 15 is 0 Å². The van der Waals surface area contributed by atoms with E-state index < -0.39 is 5.54 Å². The molecule has 5 heteroatoms. The summed E-state index contributed by atoms with van der Waals surface area (Å²) in [6.07, 6.45) is 5.02. The smallest absolute Gasteiger partial charge is 0.269 e. The normalized spacial score (nSPS) is 11.8. The molecule has 6 aromatic rings. The molecule has 0 spiro atoms. The molecule has 0 aliphatic heterocycles. The third-order valence-corrected chi connectivity index (χ3v) is 6.79. The van der Waals surface area contributed by atoms with E-state index in [9.17, 15) is 9.60 Å². The number of nitrogens with zero attached hydrogens (tertiary/aromatic N) is 3. The zero-order valence-electron chi connectivity index (χ0n) is 20.5. The molecular weight excluding hydrogens is 473 g/mol. The molecule has 0 aliphatic carbocycles. The largest absolute Gasteiger partial charge is 0.618 e. The Balaban J connectivity index is 1.71. The lowest BCUT2D eigenvalue weighted by Crippen LogP contribution is -2.39. The van der Waals surface area contributed by atoms with Crippen LogP contribution in [0.3, 0.4) is 0 Å². The second-order valence-corrected chi connectivity index (χ2v) is 9.06. The maximum absolute atomic E-state index is 13.8. The van der Waals surface area contributed by atoms with Crippen LogP contribution in [0.5, 0.6) is 0 Å². The highest BCUT2D eigenvalue weighted by Crippen LogP contribution is 2.42. The average Bonchev–Trinajstić information content (AvgIpc) is 3.34. The van der Waals surface area contributed by atoms with Crippen molar-refractivity contribution in [2.75, 3.05) is 0 Å². The topological polar surface area (TPSA) is 44.8 Å². The molecule has 2 aromatic heterocycles. The number of aromatic nitrogens is 3. The Labute approximate surface area is 220 Å². The summed E-state index contributed by atoms with van der Waals surface area (Å²) in [5.41, 5.74) is 4.43. The van der Waals surface area contributed by atoms with Crippen molar-refractivity contribution >= 4 is 23.2 Å². The van der Waals surface area contributed by atoms with Crippen LogP contribution in [-0.2, 0) is 5.54 Å². The highest BCUT2D eigenvalue weighted by molar-refractivity contribution is 5.85. The van der Waals surface area contributed by atoms with E-state index in [0.717, 1.165) is 21.4 Å². The molecule has 0 fully saturated rings. The zero-order chi connectivity index (χ0) is 26.0. The molecule has 0 amide bonds. The lowest BCUT2D eigenvalue weighted by atomic mass is 9.77. The van der Waals surface area contributed by atoms with E-state index in [1.54, 1.807) is 24.3 Å². The SMILES string of the molecule is [O-][n+]1cccc2c1c(C=Cc1cccc(F)c1)nn2C(c1ccccc1)(c1ccccc1)c1ccccc1. The minimum absolute atomic E-state index is 0.322. The quantitative estimate of drug-likeness (QED) is 0.144. The average molecular weight is 498 g/mol. The summed E-state index contributed by atoms with van der Waals surface area (Å²) < 4.78 is 16.6.